The molecule has 0 aliphatic carbocycles. The highest BCUT2D eigenvalue weighted by Crippen LogP contribution is 2.20. The van der Waals surface area contributed by atoms with Gasteiger partial charge in [0, 0.05) is 24.3 Å². The number of benzene rings is 1. The number of halogens is 1. The molecule has 9 nitrogen and oxygen atoms in total. The summed E-state index contributed by atoms with van der Waals surface area (Å²) in [4.78, 5) is 24.8. The quantitative estimate of drug-likeness (QED) is 0.490. The Morgan fingerprint density at radius 2 is 1.77 bits per heavy atom. The standard InChI is InChI=1S/C19H15ClN6O3S/c1-12-17(26-11-13(20)3-8-16(26)23-12)18(27)24-14-4-6-15(7-5-14)30(28,29)25-19-21-9-2-10-22-19/h2-11H,1H3,(H,24,27)(H,21,22,25). The Morgan fingerprint density at radius 3 is 2.47 bits per heavy atom. The summed E-state index contributed by atoms with van der Waals surface area (Å²) in [7, 11) is -3.86. The van der Waals surface area contributed by atoms with Crippen molar-refractivity contribution in [2.75, 3.05) is 10.0 Å². The van der Waals surface area contributed by atoms with Gasteiger partial charge in [-0.25, -0.2) is 28.1 Å². The number of pyridine rings is 1. The third kappa shape index (κ3) is 3.95. The highest BCUT2D eigenvalue weighted by Gasteiger charge is 2.18. The first kappa shape index (κ1) is 19.8. The van der Waals surface area contributed by atoms with E-state index in [1.807, 2.05) is 0 Å². The van der Waals surface area contributed by atoms with Gasteiger partial charge in [0.25, 0.3) is 15.9 Å². The van der Waals surface area contributed by atoms with Gasteiger partial charge in [0.1, 0.15) is 11.3 Å². The first-order chi connectivity index (χ1) is 14.3. The second-order valence-corrected chi connectivity index (χ2v) is 8.40. The average Bonchev–Trinajstić information content (AvgIpc) is 3.04. The summed E-state index contributed by atoms with van der Waals surface area (Å²) in [5.41, 5.74) is 1.90. The summed E-state index contributed by atoms with van der Waals surface area (Å²) >= 11 is 6.03. The smallest absolute Gasteiger partial charge is 0.274 e. The Balaban J connectivity index is 1.55. The minimum absolute atomic E-state index is 0.00529. The Hall–Kier alpha value is -3.50. The largest absolute Gasteiger partial charge is 0.321 e. The van der Waals surface area contributed by atoms with Crippen LogP contribution in [0, 0.1) is 6.92 Å². The number of sulfonamides is 1. The van der Waals surface area contributed by atoms with Crippen molar-refractivity contribution in [3.8, 4) is 0 Å². The molecule has 0 aliphatic rings. The molecule has 4 rings (SSSR count). The molecule has 0 fully saturated rings. The van der Waals surface area contributed by atoms with Crippen molar-refractivity contribution in [1.29, 1.82) is 0 Å². The van der Waals surface area contributed by atoms with Crippen LogP contribution in [0.3, 0.4) is 0 Å². The Bertz CT molecular complexity index is 1340. The molecule has 2 N–H and O–H groups in total. The molecule has 0 atom stereocenters. The lowest BCUT2D eigenvalue weighted by atomic mass is 10.3. The second-order valence-electron chi connectivity index (χ2n) is 6.28. The molecule has 0 aliphatic heterocycles. The zero-order valence-corrected chi connectivity index (χ0v) is 17.1. The number of carbonyl (C=O) groups is 1. The molecule has 0 saturated heterocycles. The molecule has 0 saturated carbocycles. The van der Waals surface area contributed by atoms with E-state index in [0.717, 1.165) is 0 Å². The number of hydrogen-bond donors (Lipinski definition) is 2. The van der Waals surface area contributed by atoms with Crippen LogP contribution >= 0.6 is 11.6 Å². The highest BCUT2D eigenvalue weighted by atomic mass is 35.5. The third-order valence-corrected chi connectivity index (χ3v) is 5.75. The summed E-state index contributed by atoms with van der Waals surface area (Å²) < 4.78 is 28.8. The van der Waals surface area contributed by atoms with Crippen molar-refractivity contribution in [2.24, 2.45) is 0 Å². The zero-order valence-electron chi connectivity index (χ0n) is 15.6. The minimum atomic E-state index is -3.86. The van der Waals surface area contributed by atoms with E-state index in [1.165, 1.54) is 36.7 Å². The first-order valence-corrected chi connectivity index (χ1v) is 10.5. The van der Waals surface area contributed by atoms with Crippen LogP contribution in [0.5, 0.6) is 0 Å². The normalized spacial score (nSPS) is 11.4. The number of carbonyl (C=O) groups excluding carboxylic acids is 1. The van der Waals surface area contributed by atoms with Crippen molar-refractivity contribution in [3.63, 3.8) is 0 Å². The van der Waals surface area contributed by atoms with E-state index >= 15 is 0 Å². The lowest BCUT2D eigenvalue weighted by Crippen LogP contribution is -2.16. The van der Waals surface area contributed by atoms with Gasteiger partial charge in [0.05, 0.1) is 15.6 Å². The number of anilines is 2. The number of rotatable bonds is 5. The fourth-order valence-corrected chi connectivity index (χ4v) is 3.97. The fraction of sp³-hybridized carbons (Fsp3) is 0.0526. The maximum Gasteiger partial charge on any atom is 0.274 e. The number of nitrogens with one attached hydrogen (secondary N) is 2. The fourth-order valence-electron chi connectivity index (χ4n) is 2.85. The number of imidazole rings is 1. The van der Waals surface area contributed by atoms with Crippen molar-refractivity contribution in [2.45, 2.75) is 11.8 Å². The van der Waals surface area contributed by atoms with Crippen LogP contribution in [-0.4, -0.2) is 33.7 Å². The summed E-state index contributed by atoms with van der Waals surface area (Å²) in [5, 5.41) is 3.21. The molecule has 152 valence electrons. The first-order valence-electron chi connectivity index (χ1n) is 8.69. The van der Waals surface area contributed by atoms with E-state index in [2.05, 4.69) is 25.0 Å². The van der Waals surface area contributed by atoms with Gasteiger partial charge in [0.15, 0.2) is 0 Å². The van der Waals surface area contributed by atoms with Crippen LogP contribution < -0.4 is 10.0 Å². The Kier molecular flexibility index (Phi) is 5.10. The number of aromatic nitrogens is 4. The van der Waals surface area contributed by atoms with Gasteiger partial charge in [-0.2, -0.15) is 0 Å². The van der Waals surface area contributed by atoms with Crippen LogP contribution in [0.25, 0.3) is 5.65 Å². The van der Waals surface area contributed by atoms with Gasteiger partial charge >= 0.3 is 0 Å². The molecule has 4 aromatic rings. The van der Waals surface area contributed by atoms with E-state index in [4.69, 9.17) is 11.6 Å². The SMILES string of the molecule is Cc1nc2ccc(Cl)cn2c1C(=O)Nc1ccc(S(=O)(=O)Nc2ncccn2)cc1. The van der Waals surface area contributed by atoms with Crippen LogP contribution in [0.1, 0.15) is 16.2 Å². The summed E-state index contributed by atoms with van der Waals surface area (Å²) in [5.74, 6) is -0.426. The highest BCUT2D eigenvalue weighted by molar-refractivity contribution is 7.92. The Morgan fingerprint density at radius 1 is 1.07 bits per heavy atom. The third-order valence-electron chi connectivity index (χ3n) is 4.19. The van der Waals surface area contributed by atoms with E-state index < -0.39 is 15.9 Å². The van der Waals surface area contributed by atoms with Crippen molar-refractivity contribution >= 4 is 44.8 Å². The van der Waals surface area contributed by atoms with Gasteiger partial charge in [-0.1, -0.05) is 11.6 Å². The molecule has 30 heavy (non-hydrogen) atoms. The molecule has 1 amide bonds. The molecule has 0 spiro atoms. The average molecular weight is 443 g/mol. The zero-order chi connectivity index (χ0) is 21.3. The second kappa shape index (κ2) is 7.73. The number of hydrogen-bond acceptors (Lipinski definition) is 6. The van der Waals surface area contributed by atoms with Gasteiger partial charge in [-0.05, 0) is 49.4 Å². The van der Waals surface area contributed by atoms with Crippen LogP contribution in [0.4, 0.5) is 11.6 Å². The van der Waals surface area contributed by atoms with Crippen molar-refractivity contribution in [1.82, 2.24) is 19.4 Å². The van der Waals surface area contributed by atoms with Gasteiger partial charge in [0.2, 0.25) is 5.95 Å². The molecular weight excluding hydrogens is 428 g/mol. The monoisotopic (exact) mass is 442 g/mol. The lowest BCUT2D eigenvalue weighted by Gasteiger charge is -2.09. The number of nitrogens with zero attached hydrogens (tertiary/aromatic N) is 4. The molecule has 11 heteroatoms. The van der Waals surface area contributed by atoms with Crippen LogP contribution in [0.2, 0.25) is 5.02 Å². The van der Waals surface area contributed by atoms with Crippen LogP contribution in [-0.2, 0) is 10.0 Å². The molecular formula is C19H15ClN6O3S. The maximum atomic E-state index is 12.8. The summed E-state index contributed by atoms with van der Waals surface area (Å²) in [6.45, 7) is 1.73. The van der Waals surface area contributed by atoms with Gasteiger partial charge in [-0.3, -0.25) is 9.20 Å². The van der Waals surface area contributed by atoms with E-state index in [-0.39, 0.29) is 10.8 Å². The van der Waals surface area contributed by atoms with Gasteiger partial charge < -0.3 is 5.32 Å². The molecule has 1 aromatic carbocycles. The molecule has 0 unspecified atom stereocenters. The predicted octanol–water partition coefficient (Wildman–Crippen LogP) is 3.14. The molecule has 3 aromatic heterocycles. The number of fused-ring (bicyclic) bond motifs is 1. The van der Waals surface area contributed by atoms with Crippen LogP contribution in [0.15, 0.2) is 66.0 Å². The number of amides is 1. The Labute approximate surface area is 176 Å². The van der Waals surface area contributed by atoms with E-state index in [1.54, 1.807) is 35.7 Å². The van der Waals surface area contributed by atoms with Crippen molar-refractivity contribution in [3.05, 3.63) is 77.5 Å². The molecule has 0 radical (unpaired) electrons. The van der Waals surface area contributed by atoms with Crippen molar-refractivity contribution < 1.29 is 13.2 Å². The summed E-state index contributed by atoms with van der Waals surface area (Å²) in [6, 6.07) is 10.7. The maximum absolute atomic E-state index is 12.8. The summed E-state index contributed by atoms with van der Waals surface area (Å²) in [6.07, 6.45) is 4.47. The minimum Gasteiger partial charge on any atom is -0.321 e. The predicted molar refractivity (Wildman–Crippen MR) is 112 cm³/mol. The van der Waals surface area contributed by atoms with Gasteiger partial charge in [-0.15, -0.1) is 0 Å². The number of aryl methyl sites for hydroxylation is 1. The lowest BCUT2D eigenvalue weighted by molar-refractivity contribution is 0.102. The molecule has 0 bridgehead atoms. The van der Waals surface area contributed by atoms with E-state index in [0.29, 0.717) is 27.7 Å². The molecule has 3 heterocycles. The van der Waals surface area contributed by atoms with E-state index in [9.17, 15) is 13.2 Å². The topological polar surface area (TPSA) is 118 Å².